The van der Waals surface area contributed by atoms with Crippen LogP contribution in [0.2, 0.25) is 5.02 Å². The standard InChI is InChI=1S/C14H12ClN3OS/c1-8-2-3-10(7-17-8)14(19)18-12-6-9(13(16)20)4-5-11(12)15/h2-7H,1H3,(H2,16,20)(H,18,19). The second kappa shape index (κ2) is 5.98. The first-order chi connectivity index (χ1) is 9.47. The van der Waals surface area contributed by atoms with Crippen LogP contribution >= 0.6 is 23.8 Å². The van der Waals surface area contributed by atoms with Crippen molar-refractivity contribution in [2.24, 2.45) is 5.73 Å². The monoisotopic (exact) mass is 305 g/mol. The van der Waals surface area contributed by atoms with Crippen molar-refractivity contribution in [1.29, 1.82) is 0 Å². The smallest absolute Gasteiger partial charge is 0.257 e. The highest BCUT2D eigenvalue weighted by Crippen LogP contribution is 2.23. The lowest BCUT2D eigenvalue weighted by molar-refractivity contribution is 0.102. The first kappa shape index (κ1) is 14.4. The molecule has 6 heteroatoms. The fourth-order valence-electron chi connectivity index (χ4n) is 1.57. The summed E-state index contributed by atoms with van der Waals surface area (Å²) in [6.45, 7) is 1.85. The molecule has 1 aromatic heterocycles. The second-order valence-electron chi connectivity index (χ2n) is 4.20. The summed E-state index contributed by atoms with van der Waals surface area (Å²) in [5.74, 6) is -0.292. The molecule has 3 N–H and O–H groups in total. The zero-order chi connectivity index (χ0) is 14.7. The molecule has 0 aliphatic heterocycles. The molecule has 0 saturated carbocycles. The third kappa shape index (κ3) is 3.31. The van der Waals surface area contributed by atoms with Crippen molar-refractivity contribution in [3.63, 3.8) is 0 Å². The SMILES string of the molecule is Cc1ccc(C(=O)Nc2cc(C(N)=S)ccc2Cl)cn1. The molecule has 0 atom stereocenters. The Morgan fingerprint density at radius 1 is 1.30 bits per heavy atom. The number of carbonyl (C=O) groups excluding carboxylic acids is 1. The largest absolute Gasteiger partial charge is 0.389 e. The van der Waals surface area contributed by atoms with Crippen LogP contribution in [0.15, 0.2) is 36.5 Å². The molecule has 2 aromatic rings. The van der Waals surface area contributed by atoms with Gasteiger partial charge in [-0.1, -0.05) is 29.9 Å². The van der Waals surface area contributed by atoms with Crippen molar-refractivity contribution in [3.05, 3.63) is 58.4 Å². The summed E-state index contributed by atoms with van der Waals surface area (Å²) < 4.78 is 0. The van der Waals surface area contributed by atoms with Crippen molar-refractivity contribution in [2.75, 3.05) is 5.32 Å². The van der Waals surface area contributed by atoms with Crippen LogP contribution in [-0.4, -0.2) is 15.9 Å². The van der Waals surface area contributed by atoms with E-state index in [0.717, 1.165) is 5.69 Å². The number of thiocarbonyl (C=S) groups is 1. The van der Waals surface area contributed by atoms with Crippen LogP contribution in [0.5, 0.6) is 0 Å². The van der Waals surface area contributed by atoms with Crippen LogP contribution in [0.25, 0.3) is 0 Å². The van der Waals surface area contributed by atoms with Gasteiger partial charge in [0.05, 0.1) is 16.3 Å². The number of amides is 1. The normalized spacial score (nSPS) is 10.1. The average Bonchev–Trinajstić information content (AvgIpc) is 2.41. The van der Waals surface area contributed by atoms with Crippen LogP contribution in [0.4, 0.5) is 5.69 Å². The van der Waals surface area contributed by atoms with E-state index >= 15 is 0 Å². The second-order valence-corrected chi connectivity index (χ2v) is 5.05. The summed E-state index contributed by atoms with van der Waals surface area (Å²) in [7, 11) is 0. The van der Waals surface area contributed by atoms with Gasteiger partial charge in [0.15, 0.2) is 0 Å². The fraction of sp³-hybridized carbons (Fsp3) is 0.0714. The van der Waals surface area contributed by atoms with Crippen LogP contribution < -0.4 is 11.1 Å². The summed E-state index contributed by atoms with van der Waals surface area (Å²) in [5, 5.41) is 3.13. The molecule has 20 heavy (non-hydrogen) atoms. The highest BCUT2D eigenvalue weighted by molar-refractivity contribution is 7.80. The zero-order valence-electron chi connectivity index (χ0n) is 10.7. The molecule has 0 saturated heterocycles. The van der Waals surface area contributed by atoms with Gasteiger partial charge in [-0.15, -0.1) is 0 Å². The Bertz CT molecular complexity index is 671. The highest BCUT2D eigenvalue weighted by Gasteiger charge is 2.10. The Labute approximate surface area is 127 Å². The predicted octanol–water partition coefficient (Wildman–Crippen LogP) is 2.93. The molecule has 102 valence electrons. The van der Waals surface area contributed by atoms with E-state index in [9.17, 15) is 4.79 Å². The fourth-order valence-corrected chi connectivity index (χ4v) is 1.86. The number of pyridine rings is 1. The molecule has 1 heterocycles. The number of nitrogens with one attached hydrogen (secondary N) is 1. The van der Waals surface area contributed by atoms with Crippen LogP contribution in [0, 0.1) is 6.92 Å². The number of aryl methyl sites for hydroxylation is 1. The molecule has 0 aliphatic carbocycles. The summed E-state index contributed by atoms with van der Waals surface area (Å²) in [5.41, 5.74) is 7.95. The number of nitrogens with zero attached hydrogens (tertiary/aromatic N) is 1. The van der Waals surface area contributed by atoms with Crippen molar-refractivity contribution in [1.82, 2.24) is 4.98 Å². The van der Waals surface area contributed by atoms with Crippen molar-refractivity contribution < 1.29 is 4.79 Å². The highest BCUT2D eigenvalue weighted by atomic mass is 35.5. The molecule has 0 fully saturated rings. The number of benzene rings is 1. The maximum Gasteiger partial charge on any atom is 0.257 e. The number of aromatic nitrogens is 1. The van der Waals surface area contributed by atoms with E-state index in [2.05, 4.69) is 10.3 Å². The average molecular weight is 306 g/mol. The third-order valence-corrected chi connectivity index (χ3v) is 3.24. The van der Waals surface area contributed by atoms with Gasteiger partial charge in [-0.2, -0.15) is 0 Å². The molecule has 2 rings (SSSR count). The number of rotatable bonds is 3. The first-order valence-electron chi connectivity index (χ1n) is 5.81. The van der Waals surface area contributed by atoms with E-state index in [1.807, 2.05) is 6.92 Å². The zero-order valence-corrected chi connectivity index (χ0v) is 12.3. The summed E-state index contributed by atoms with van der Waals surface area (Å²) in [6, 6.07) is 8.45. The molecule has 0 aliphatic rings. The van der Waals surface area contributed by atoms with Gasteiger partial charge in [0.25, 0.3) is 5.91 Å². The Balaban J connectivity index is 2.25. The van der Waals surface area contributed by atoms with Gasteiger partial charge in [0.2, 0.25) is 0 Å². The lowest BCUT2D eigenvalue weighted by atomic mass is 10.2. The number of nitrogens with two attached hydrogens (primary N) is 1. The molecule has 0 radical (unpaired) electrons. The summed E-state index contributed by atoms with van der Waals surface area (Å²) in [4.78, 5) is 16.4. The van der Waals surface area contributed by atoms with Gasteiger partial charge in [0, 0.05) is 17.5 Å². The Hall–Kier alpha value is -1.98. The van der Waals surface area contributed by atoms with E-state index in [-0.39, 0.29) is 10.9 Å². The number of hydrogen-bond acceptors (Lipinski definition) is 3. The number of carbonyl (C=O) groups is 1. The molecule has 0 bridgehead atoms. The molecule has 4 nitrogen and oxygen atoms in total. The van der Waals surface area contributed by atoms with Crippen LogP contribution in [-0.2, 0) is 0 Å². The molecular formula is C14H12ClN3OS. The topological polar surface area (TPSA) is 68.0 Å². The first-order valence-corrected chi connectivity index (χ1v) is 6.59. The minimum Gasteiger partial charge on any atom is -0.389 e. The maximum absolute atomic E-state index is 12.1. The van der Waals surface area contributed by atoms with E-state index in [0.29, 0.717) is 21.8 Å². The third-order valence-electron chi connectivity index (χ3n) is 2.67. The van der Waals surface area contributed by atoms with Gasteiger partial charge in [-0.3, -0.25) is 9.78 Å². The van der Waals surface area contributed by atoms with Gasteiger partial charge < -0.3 is 11.1 Å². The summed E-state index contributed by atoms with van der Waals surface area (Å²) >= 11 is 10.9. The molecular weight excluding hydrogens is 294 g/mol. The molecule has 1 amide bonds. The molecule has 0 unspecified atom stereocenters. The van der Waals surface area contributed by atoms with E-state index < -0.39 is 0 Å². The van der Waals surface area contributed by atoms with E-state index in [1.165, 1.54) is 6.20 Å². The molecule has 1 aromatic carbocycles. The van der Waals surface area contributed by atoms with Crippen LogP contribution in [0.3, 0.4) is 0 Å². The Morgan fingerprint density at radius 3 is 2.60 bits per heavy atom. The van der Waals surface area contributed by atoms with Gasteiger partial charge >= 0.3 is 0 Å². The Morgan fingerprint density at radius 2 is 2.00 bits per heavy atom. The Kier molecular flexibility index (Phi) is 4.32. The van der Waals surface area contributed by atoms with Crippen LogP contribution in [0.1, 0.15) is 21.6 Å². The predicted molar refractivity (Wildman–Crippen MR) is 84.3 cm³/mol. The van der Waals surface area contributed by atoms with Crippen molar-refractivity contribution >= 4 is 40.4 Å². The maximum atomic E-state index is 12.1. The minimum absolute atomic E-state index is 0.245. The number of anilines is 1. The lowest BCUT2D eigenvalue weighted by Crippen LogP contribution is -2.14. The quantitative estimate of drug-likeness (QED) is 0.856. The van der Waals surface area contributed by atoms with Crippen molar-refractivity contribution in [2.45, 2.75) is 6.92 Å². The molecule has 0 spiro atoms. The minimum atomic E-state index is -0.292. The lowest BCUT2D eigenvalue weighted by Gasteiger charge is -2.09. The summed E-state index contributed by atoms with van der Waals surface area (Å²) in [6.07, 6.45) is 1.51. The number of halogens is 1. The van der Waals surface area contributed by atoms with Gasteiger partial charge in [-0.05, 0) is 31.2 Å². The number of hydrogen-bond donors (Lipinski definition) is 2. The van der Waals surface area contributed by atoms with Gasteiger partial charge in [-0.25, -0.2) is 0 Å². The van der Waals surface area contributed by atoms with Gasteiger partial charge in [0.1, 0.15) is 4.99 Å². The van der Waals surface area contributed by atoms with E-state index in [4.69, 9.17) is 29.6 Å². The van der Waals surface area contributed by atoms with Crippen molar-refractivity contribution in [3.8, 4) is 0 Å². The van der Waals surface area contributed by atoms with E-state index in [1.54, 1.807) is 30.3 Å².